The Labute approximate surface area is 229 Å². The van der Waals surface area contributed by atoms with E-state index in [0.29, 0.717) is 24.2 Å². The molecule has 0 saturated carbocycles. The van der Waals surface area contributed by atoms with Crippen LogP contribution in [0.25, 0.3) is 12.2 Å². The molecule has 0 saturated heterocycles. The molecule has 0 bridgehead atoms. The standard InChI is InChI=1S/C29H30F6N4O/c1-19(2)25(40)39-18-27(3,4)17-36-26(39)38-37-24(15-9-20-5-11-22(12-6-20)28(30,31)32)16-10-21-7-13-23(14-8-21)29(33,34)35/h5-16,19H,17-18H2,1-4H3,(H,36,38). The molecule has 1 aliphatic heterocycles. The molecule has 1 aliphatic rings. The van der Waals surface area contributed by atoms with Crippen LogP contribution in [-0.2, 0) is 17.1 Å². The molecule has 0 radical (unpaired) electrons. The predicted molar refractivity (Wildman–Crippen MR) is 144 cm³/mol. The van der Waals surface area contributed by atoms with Crippen LogP contribution in [-0.4, -0.2) is 35.6 Å². The van der Waals surface area contributed by atoms with E-state index in [9.17, 15) is 31.1 Å². The predicted octanol–water partition coefficient (Wildman–Crippen LogP) is 7.28. The zero-order valence-corrected chi connectivity index (χ0v) is 22.4. The smallest absolute Gasteiger partial charge is 0.281 e. The second kappa shape index (κ2) is 12.1. The van der Waals surface area contributed by atoms with Gasteiger partial charge in [-0.1, -0.05) is 64.1 Å². The maximum absolute atomic E-state index is 12.9. The van der Waals surface area contributed by atoms with Crippen LogP contribution < -0.4 is 5.43 Å². The number of benzene rings is 2. The Balaban J connectivity index is 1.91. The summed E-state index contributed by atoms with van der Waals surface area (Å²) in [6, 6.07) is 9.06. The normalized spacial score (nSPS) is 16.0. The van der Waals surface area contributed by atoms with Crippen LogP contribution in [0.3, 0.4) is 0 Å². The lowest BCUT2D eigenvalue weighted by atomic mass is 9.91. The van der Waals surface area contributed by atoms with Gasteiger partial charge in [0.1, 0.15) is 0 Å². The summed E-state index contributed by atoms with van der Waals surface area (Å²) in [5, 5.41) is 4.34. The molecule has 5 nitrogen and oxygen atoms in total. The van der Waals surface area contributed by atoms with Crippen molar-refractivity contribution in [1.82, 2.24) is 10.3 Å². The van der Waals surface area contributed by atoms with Gasteiger partial charge in [0.05, 0.1) is 16.8 Å². The molecule has 0 unspecified atom stereocenters. The topological polar surface area (TPSA) is 57.1 Å². The second-order valence-corrected chi connectivity index (χ2v) is 10.4. The van der Waals surface area contributed by atoms with E-state index < -0.39 is 23.5 Å². The first-order chi connectivity index (χ1) is 18.5. The molecule has 2 aromatic carbocycles. The van der Waals surface area contributed by atoms with Gasteiger partial charge < -0.3 is 0 Å². The summed E-state index contributed by atoms with van der Waals surface area (Å²) in [4.78, 5) is 18.8. The van der Waals surface area contributed by atoms with E-state index >= 15 is 0 Å². The van der Waals surface area contributed by atoms with Gasteiger partial charge in [-0.3, -0.25) is 14.7 Å². The van der Waals surface area contributed by atoms with Gasteiger partial charge in [-0.05, 0) is 47.5 Å². The van der Waals surface area contributed by atoms with Crippen LogP contribution >= 0.6 is 0 Å². The Hall–Kier alpha value is -3.89. The highest BCUT2D eigenvalue weighted by Crippen LogP contribution is 2.30. The highest BCUT2D eigenvalue weighted by Gasteiger charge is 2.33. The summed E-state index contributed by atoms with van der Waals surface area (Å²) < 4.78 is 77.4. The van der Waals surface area contributed by atoms with Gasteiger partial charge in [-0.25, -0.2) is 5.43 Å². The molecular formula is C29H30F6N4O. The number of alkyl halides is 6. The number of carbonyl (C=O) groups is 1. The van der Waals surface area contributed by atoms with Gasteiger partial charge >= 0.3 is 12.4 Å². The summed E-state index contributed by atoms with van der Waals surface area (Å²) in [6.07, 6.45) is -2.78. The SMILES string of the molecule is CC(C)C(=O)N1CC(C)(C)CN=C1NN=C(C=Cc1ccc(C(F)(F)F)cc1)C=Cc1ccc(C(F)(F)F)cc1. The van der Waals surface area contributed by atoms with Gasteiger partial charge in [0.25, 0.3) is 0 Å². The lowest BCUT2D eigenvalue weighted by Gasteiger charge is -2.37. The first kappa shape index (κ1) is 30.6. The Kier molecular flexibility index (Phi) is 9.27. The number of hydrogen-bond acceptors (Lipinski definition) is 4. The van der Waals surface area contributed by atoms with Crippen molar-refractivity contribution in [2.75, 3.05) is 13.1 Å². The molecule has 0 spiro atoms. The summed E-state index contributed by atoms with van der Waals surface area (Å²) in [5.41, 5.74) is 2.23. The number of amides is 1. The van der Waals surface area contributed by atoms with Crippen LogP contribution in [0, 0.1) is 11.3 Å². The minimum absolute atomic E-state index is 0.142. The molecule has 1 amide bonds. The third-order valence-electron chi connectivity index (χ3n) is 5.91. The molecule has 0 atom stereocenters. The van der Waals surface area contributed by atoms with E-state index in [0.717, 1.165) is 24.3 Å². The van der Waals surface area contributed by atoms with Crippen molar-refractivity contribution in [2.24, 2.45) is 21.4 Å². The molecule has 3 rings (SSSR count). The second-order valence-electron chi connectivity index (χ2n) is 10.4. The monoisotopic (exact) mass is 564 g/mol. The highest BCUT2D eigenvalue weighted by molar-refractivity contribution is 6.09. The number of rotatable bonds is 6. The molecule has 0 aliphatic carbocycles. The Morgan fingerprint density at radius 2 is 1.35 bits per heavy atom. The number of aliphatic imine (C=N–C) groups is 1. The minimum atomic E-state index is -4.46. The molecule has 11 heteroatoms. The maximum Gasteiger partial charge on any atom is 0.416 e. The third kappa shape index (κ3) is 8.56. The number of carbonyl (C=O) groups excluding carboxylic acids is 1. The van der Waals surface area contributed by atoms with Gasteiger partial charge in [-0.15, -0.1) is 0 Å². The largest absolute Gasteiger partial charge is 0.416 e. The minimum Gasteiger partial charge on any atom is -0.281 e. The molecule has 2 aromatic rings. The van der Waals surface area contributed by atoms with E-state index in [1.807, 2.05) is 13.8 Å². The molecule has 214 valence electrons. The summed E-state index contributed by atoms with van der Waals surface area (Å²) in [5.74, 6) is -0.179. The lowest BCUT2D eigenvalue weighted by molar-refractivity contribution is -0.138. The Morgan fingerprint density at radius 3 is 1.75 bits per heavy atom. The third-order valence-corrected chi connectivity index (χ3v) is 5.91. The molecule has 0 aromatic heterocycles. The maximum atomic E-state index is 12.9. The molecule has 1 heterocycles. The van der Waals surface area contributed by atoms with E-state index in [1.165, 1.54) is 41.3 Å². The molecule has 40 heavy (non-hydrogen) atoms. The van der Waals surface area contributed by atoms with E-state index in [-0.39, 0.29) is 28.9 Å². The van der Waals surface area contributed by atoms with E-state index in [4.69, 9.17) is 0 Å². The van der Waals surface area contributed by atoms with Crippen molar-refractivity contribution in [3.63, 3.8) is 0 Å². The Morgan fingerprint density at radius 1 is 0.900 bits per heavy atom. The lowest BCUT2D eigenvalue weighted by Crippen LogP contribution is -2.53. The van der Waals surface area contributed by atoms with Crippen LogP contribution in [0.5, 0.6) is 0 Å². The van der Waals surface area contributed by atoms with Crippen molar-refractivity contribution in [3.05, 3.63) is 82.9 Å². The number of hydrazone groups is 1. The van der Waals surface area contributed by atoms with Crippen LogP contribution in [0.15, 0.2) is 70.8 Å². The van der Waals surface area contributed by atoms with Crippen molar-refractivity contribution in [3.8, 4) is 0 Å². The van der Waals surface area contributed by atoms with Gasteiger partial charge in [-0.2, -0.15) is 31.4 Å². The molecule has 0 fully saturated rings. The van der Waals surface area contributed by atoms with Crippen molar-refractivity contribution in [1.29, 1.82) is 0 Å². The fourth-order valence-corrected chi connectivity index (χ4v) is 3.69. The molecular weight excluding hydrogens is 534 g/mol. The van der Waals surface area contributed by atoms with Crippen LogP contribution in [0.1, 0.15) is 49.9 Å². The van der Waals surface area contributed by atoms with Crippen molar-refractivity contribution < 1.29 is 31.1 Å². The van der Waals surface area contributed by atoms with Crippen molar-refractivity contribution >= 4 is 29.7 Å². The number of guanidine groups is 1. The number of allylic oxidation sites excluding steroid dienone is 2. The summed E-state index contributed by atoms with van der Waals surface area (Å²) >= 11 is 0. The number of nitrogens with one attached hydrogen (secondary N) is 1. The highest BCUT2D eigenvalue weighted by atomic mass is 19.4. The summed E-state index contributed by atoms with van der Waals surface area (Å²) in [7, 11) is 0. The van der Waals surface area contributed by atoms with Gasteiger partial charge in [0.2, 0.25) is 11.9 Å². The van der Waals surface area contributed by atoms with E-state index in [2.05, 4.69) is 15.5 Å². The fourth-order valence-electron chi connectivity index (χ4n) is 3.69. The average Bonchev–Trinajstić information content (AvgIpc) is 2.87. The zero-order chi connectivity index (χ0) is 29.7. The number of hydrogen-bond donors (Lipinski definition) is 1. The first-order valence-electron chi connectivity index (χ1n) is 12.5. The van der Waals surface area contributed by atoms with Crippen molar-refractivity contribution in [2.45, 2.75) is 40.0 Å². The quantitative estimate of drug-likeness (QED) is 0.228. The first-order valence-corrected chi connectivity index (χ1v) is 12.5. The summed E-state index contributed by atoms with van der Waals surface area (Å²) in [6.45, 7) is 8.39. The Bertz CT molecular complexity index is 1230. The fraction of sp³-hybridized carbons (Fsp3) is 0.345. The van der Waals surface area contributed by atoms with Crippen LogP contribution in [0.4, 0.5) is 26.3 Å². The van der Waals surface area contributed by atoms with Gasteiger partial charge in [0.15, 0.2) is 0 Å². The van der Waals surface area contributed by atoms with Crippen LogP contribution in [0.2, 0.25) is 0 Å². The number of halogens is 6. The van der Waals surface area contributed by atoms with Gasteiger partial charge in [0, 0.05) is 24.4 Å². The zero-order valence-electron chi connectivity index (χ0n) is 22.4. The number of nitrogens with zero attached hydrogens (tertiary/aromatic N) is 3. The van der Waals surface area contributed by atoms with E-state index in [1.54, 1.807) is 26.0 Å². The average molecular weight is 565 g/mol. The molecule has 1 N–H and O–H groups in total.